The Morgan fingerprint density at radius 2 is 2.00 bits per heavy atom. The van der Waals surface area contributed by atoms with Crippen LogP contribution in [-0.4, -0.2) is 11.2 Å². The van der Waals surface area contributed by atoms with Gasteiger partial charge in [-0.1, -0.05) is 40.2 Å². The highest BCUT2D eigenvalue weighted by Gasteiger charge is 2.26. The first kappa shape index (κ1) is 15.2. The zero-order chi connectivity index (χ0) is 16.0. The number of anilines is 1. The van der Waals surface area contributed by atoms with E-state index in [-0.39, 0.29) is 12.1 Å². The lowest BCUT2D eigenvalue weighted by Gasteiger charge is -2.20. The molecule has 1 aliphatic rings. The summed E-state index contributed by atoms with van der Waals surface area (Å²) in [7, 11) is 0. The van der Waals surface area contributed by atoms with E-state index in [9.17, 15) is 5.11 Å². The van der Waals surface area contributed by atoms with Gasteiger partial charge in [0.25, 0.3) is 0 Å². The third kappa shape index (κ3) is 2.69. The molecule has 2 atom stereocenters. The van der Waals surface area contributed by atoms with Crippen LogP contribution in [0.5, 0.6) is 0 Å². The maximum atomic E-state index is 10.5. The Bertz CT molecular complexity index is 873. The van der Waals surface area contributed by atoms with Crippen LogP contribution in [0.1, 0.15) is 28.5 Å². The van der Waals surface area contributed by atoms with Gasteiger partial charge in [0, 0.05) is 26.8 Å². The van der Waals surface area contributed by atoms with E-state index in [0.29, 0.717) is 6.42 Å². The van der Waals surface area contributed by atoms with E-state index in [1.54, 1.807) is 11.3 Å². The molecule has 3 aromatic rings. The third-order valence-corrected chi connectivity index (χ3v) is 6.36. The Balaban J connectivity index is 1.89. The van der Waals surface area contributed by atoms with E-state index in [0.717, 1.165) is 16.6 Å². The molecule has 0 saturated carbocycles. The summed E-state index contributed by atoms with van der Waals surface area (Å²) >= 11 is 5.45. The van der Waals surface area contributed by atoms with Crippen LogP contribution in [-0.2, 0) is 6.42 Å². The smallest absolute Gasteiger partial charge is 0.0634 e. The Labute approximate surface area is 148 Å². The average Bonchev–Trinajstić information content (AvgIpc) is 2.88. The minimum Gasteiger partial charge on any atom is -0.393 e. The van der Waals surface area contributed by atoms with Crippen LogP contribution >= 0.6 is 27.3 Å². The van der Waals surface area contributed by atoms with Crippen LogP contribution in [0.15, 0.2) is 46.3 Å². The molecule has 23 heavy (non-hydrogen) atoms. The van der Waals surface area contributed by atoms with E-state index in [4.69, 9.17) is 0 Å². The quantitative estimate of drug-likeness (QED) is 0.583. The lowest BCUT2D eigenvalue weighted by molar-refractivity contribution is 0.161. The molecule has 1 aliphatic heterocycles. The fourth-order valence-electron chi connectivity index (χ4n) is 3.47. The van der Waals surface area contributed by atoms with Crippen molar-refractivity contribution in [2.75, 3.05) is 5.32 Å². The Morgan fingerprint density at radius 1 is 1.22 bits per heavy atom. The van der Waals surface area contributed by atoms with Gasteiger partial charge in [0.2, 0.25) is 0 Å². The van der Waals surface area contributed by atoms with Crippen LogP contribution in [0.2, 0.25) is 0 Å². The fraction of sp³-hybridized carbons (Fsp3) is 0.263. The summed E-state index contributed by atoms with van der Waals surface area (Å²) in [4.78, 5) is 1.32. The van der Waals surface area contributed by atoms with Crippen molar-refractivity contribution in [3.8, 4) is 0 Å². The van der Waals surface area contributed by atoms with Gasteiger partial charge in [-0.25, -0.2) is 0 Å². The van der Waals surface area contributed by atoms with Crippen molar-refractivity contribution in [1.29, 1.82) is 0 Å². The maximum absolute atomic E-state index is 10.5. The van der Waals surface area contributed by atoms with Gasteiger partial charge in [-0.2, -0.15) is 0 Å². The molecular formula is C19H18BrNOS. The summed E-state index contributed by atoms with van der Waals surface area (Å²) in [5.74, 6) is 0. The van der Waals surface area contributed by atoms with Gasteiger partial charge in [-0.3, -0.25) is 0 Å². The SMILES string of the molecule is Cc1ccsc1[C@@H]1C[C@H](O)Cc2cc(Br)c3ccccc3c2N1. The largest absolute Gasteiger partial charge is 0.393 e. The summed E-state index contributed by atoms with van der Waals surface area (Å²) in [6, 6.07) is 12.9. The molecule has 4 rings (SSSR count). The van der Waals surface area contributed by atoms with Crippen molar-refractivity contribution in [1.82, 2.24) is 0 Å². The zero-order valence-electron chi connectivity index (χ0n) is 12.8. The number of hydrogen-bond donors (Lipinski definition) is 2. The van der Waals surface area contributed by atoms with Gasteiger partial charge < -0.3 is 10.4 Å². The molecular weight excluding hydrogens is 370 g/mol. The molecule has 2 heterocycles. The van der Waals surface area contributed by atoms with E-state index in [1.165, 1.54) is 26.8 Å². The number of nitrogens with one attached hydrogen (secondary N) is 1. The summed E-state index contributed by atoms with van der Waals surface area (Å²) < 4.78 is 1.09. The van der Waals surface area contributed by atoms with E-state index >= 15 is 0 Å². The van der Waals surface area contributed by atoms with Gasteiger partial charge in [-0.15, -0.1) is 11.3 Å². The molecule has 2 N–H and O–H groups in total. The first-order valence-electron chi connectivity index (χ1n) is 7.82. The Kier molecular flexibility index (Phi) is 3.92. The lowest BCUT2D eigenvalue weighted by Crippen LogP contribution is -2.16. The van der Waals surface area contributed by atoms with E-state index < -0.39 is 0 Å². The normalized spacial score (nSPS) is 20.8. The van der Waals surface area contributed by atoms with E-state index in [1.807, 2.05) is 0 Å². The van der Waals surface area contributed by atoms with Gasteiger partial charge in [-0.05, 0) is 47.4 Å². The van der Waals surface area contributed by atoms with Crippen molar-refractivity contribution < 1.29 is 5.11 Å². The lowest BCUT2D eigenvalue weighted by atomic mass is 10.00. The number of halogens is 1. The van der Waals surface area contributed by atoms with Crippen LogP contribution in [0.25, 0.3) is 10.8 Å². The molecule has 0 spiro atoms. The summed E-state index contributed by atoms with van der Waals surface area (Å²) in [5.41, 5.74) is 3.64. The van der Waals surface area contributed by atoms with Crippen molar-refractivity contribution in [2.24, 2.45) is 0 Å². The molecule has 1 aromatic heterocycles. The molecule has 4 heteroatoms. The van der Waals surface area contributed by atoms with E-state index in [2.05, 4.69) is 69.9 Å². The first-order chi connectivity index (χ1) is 11.1. The second-order valence-corrected chi connectivity index (χ2v) is 8.00. The van der Waals surface area contributed by atoms with Gasteiger partial charge in [0.05, 0.1) is 12.1 Å². The van der Waals surface area contributed by atoms with Crippen molar-refractivity contribution >= 4 is 43.7 Å². The molecule has 2 aromatic carbocycles. The second-order valence-electron chi connectivity index (χ2n) is 6.20. The van der Waals surface area contributed by atoms with Crippen molar-refractivity contribution in [3.63, 3.8) is 0 Å². The summed E-state index contributed by atoms with van der Waals surface area (Å²) in [6.45, 7) is 2.14. The average molecular weight is 388 g/mol. The molecule has 0 amide bonds. The zero-order valence-corrected chi connectivity index (χ0v) is 15.2. The van der Waals surface area contributed by atoms with Crippen LogP contribution < -0.4 is 5.32 Å². The van der Waals surface area contributed by atoms with Crippen LogP contribution in [0.4, 0.5) is 5.69 Å². The fourth-order valence-corrected chi connectivity index (χ4v) is 5.09. The standard InChI is InChI=1S/C19H18BrNOS/c1-11-6-7-23-19(11)17-10-13(22)8-12-9-16(20)14-4-2-3-5-15(14)18(12)21-17/h2-7,9,13,17,21-22H,8,10H2,1H3/t13-,17+/m1/s1. The number of thiophene rings is 1. The van der Waals surface area contributed by atoms with Gasteiger partial charge in [0.15, 0.2) is 0 Å². The summed E-state index contributed by atoms with van der Waals surface area (Å²) in [5, 5.41) is 18.8. The molecule has 0 saturated heterocycles. The minimum atomic E-state index is -0.330. The number of rotatable bonds is 1. The second kappa shape index (κ2) is 5.93. The number of aliphatic hydroxyl groups excluding tert-OH is 1. The molecule has 0 bridgehead atoms. The Morgan fingerprint density at radius 3 is 2.74 bits per heavy atom. The highest BCUT2D eigenvalue weighted by atomic mass is 79.9. The molecule has 0 radical (unpaired) electrons. The maximum Gasteiger partial charge on any atom is 0.0634 e. The van der Waals surface area contributed by atoms with Crippen molar-refractivity contribution in [2.45, 2.75) is 31.9 Å². The number of fused-ring (bicyclic) bond motifs is 3. The molecule has 0 aliphatic carbocycles. The first-order valence-corrected chi connectivity index (χ1v) is 9.49. The number of aliphatic hydroxyl groups is 1. The molecule has 118 valence electrons. The van der Waals surface area contributed by atoms with Crippen LogP contribution in [0.3, 0.4) is 0 Å². The minimum absolute atomic E-state index is 0.163. The molecule has 2 nitrogen and oxygen atoms in total. The van der Waals surface area contributed by atoms with Gasteiger partial charge >= 0.3 is 0 Å². The third-order valence-electron chi connectivity index (χ3n) is 4.58. The van der Waals surface area contributed by atoms with Gasteiger partial charge in [0.1, 0.15) is 0 Å². The summed E-state index contributed by atoms with van der Waals surface area (Å²) in [6.07, 6.45) is 1.10. The topological polar surface area (TPSA) is 32.3 Å². The van der Waals surface area contributed by atoms with Crippen molar-refractivity contribution in [3.05, 3.63) is 62.3 Å². The molecule has 0 fully saturated rings. The number of benzene rings is 2. The predicted octanol–water partition coefficient (Wildman–Crippen LogP) is 5.43. The molecule has 0 unspecified atom stereocenters. The monoisotopic (exact) mass is 387 g/mol. The number of aryl methyl sites for hydroxylation is 1. The Hall–Kier alpha value is -1.36. The number of hydrogen-bond acceptors (Lipinski definition) is 3. The highest BCUT2D eigenvalue weighted by Crippen LogP contribution is 2.41. The highest BCUT2D eigenvalue weighted by molar-refractivity contribution is 9.10. The van der Waals surface area contributed by atoms with Crippen LogP contribution in [0, 0.1) is 6.92 Å². The predicted molar refractivity (Wildman–Crippen MR) is 101 cm³/mol.